The predicted octanol–water partition coefficient (Wildman–Crippen LogP) is 5.70. The van der Waals surface area contributed by atoms with E-state index in [1.165, 1.54) is 12.8 Å². The highest BCUT2D eigenvalue weighted by Crippen LogP contribution is 2.38. The van der Waals surface area contributed by atoms with Crippen LogP contribution in [0.3, 0.4) is 0 Å². The lowest BCUT2D eigenvalue weighted by Gasteiger charge is -2.25. The number of rotatable bonds is 13. The Labute approximate surface area is 223 Å². The quantitative estimate of drug-likeness (QED) is 0.289. The first-order chi connectivity index (χ1) is 17.7. The number of ether oxygens (including phenoxy) is 2. The summed E-state index contributed by atoms with van der Waals surface area (Å²) in [5.41, 5.74) is 0.321. The molecule has 3 rings (SSSR count). The monoisotopic (exact) mass is 529 g/mol. The van der Waals surface area contributed by atoms with Crippen molar-refractivity contribution in [3.63, 3.8) is 0 Å². The molecule has 2 atom stereocenters. The van der Waals surface area contributed by atoms with Crippen LogP contribution in [0.2, 0.25) is 0 Å². The lowest BCUT2D eigenvalue weighted by Crippen LogP contribution is -2.49. The first-order valence-electron chi connectivity index (χ1n) is 13.0. The van der Waals surface area contributed by atoms with Crippen LogP contribution in [0.1, 0.15) is 75.8 Å². The van der Waals surface area contributed by atoms with E-state index >= 15 is 0 Å². The van der Waals surface area contributed by atoms with Gasteiger partial charge in [0.05, 0.1) is 12.6 Å². The topological polar surface area (TPSA) is 106 Å². The number of hydrogen-bond acceptors (Lipinski definition) is 6. The molecule has 1 aromatic carbocycles. The second-order valence-electron chi connectivity index (χ2n) is 10.4. The molecule has 1 saturated carbocycles. The van der Waals surface area contributed by atoms with Crippen LogP contribution in [0, 0.1) is 5.92 Å². The minimum atomic E-state index is -0.747. The van der Waals surface area contributed by atoms with Crippen LogP contribution in [-0.2, 0) is 20.8 Å². The maximum absolute atomic E-state index is 13.3. The van der Waals surface area contributed by atoms with Crippen molar-refractivity contribution in [2.45, 2.75) is 83.5 Å². The Kier molecular flexibility index (Phi) is 10.8. The maximum Gasteiger partial charge on any atom is 0.408 e. The van der Waals surface area contributed by atoms with Gasteiger partial charge < -0.3 is 25.4 Å². The average molecular weight is 530 g/mol. The fourth-order valence-electron chi connectivity index (χ4n) is 3.85. The molecule has 0 aliphatic heterocycles. The molecule has 0 unspecified atom stereocenters. The third-order valence-electron chi connectivity index (χ3n) is 5.88. The highest BCUT2D eigenvalue weighted by molar-refractivity contribution is 7.10. The van der Waals surface area contributed by atoms with Crippen LogP contribution >= 0.6 is 11.3 Å². The second-order valence-corrected chi connectivity index (χ2v) is 11.4. The maximum atomic E-state index is 13.3. The Balaban J connectivity index is 1.48. The van der Waals surface area contributed by atoms with Gasteiger partial charge in [-0.2, -0.15) is 0 Å². The highest BCUT2D eigenvalue weighted by Gasteiger charge is 2.30. The van der Waals surface area contributed by atoms with Crippen molar-refractivity contribution in [1.82, 2.24) is 16.0 Å². The Hall–Kier alpha value is -3.07. The van der Waals surface area contributed by atoms with E-state index in [1.807, 2.05) is 47.8 Å². The first-order valence-corrected chi connectivity index (χ1v) is 13.9. The van der Waals surface area contributed by atoms with Crippen LogP contribution < -0.4 is 16.0 Å². The molecule has 37 heavy (non-hydrogen) atoms. The molecular weight excluding hydrogens is 490 g/mol. The van der Waals surface area contributed by atoms with Crippen molar-refractivity contribution in [1.29, 1.82) is 0 Å². The summed E-state index contributed by atoms with van der Waals surface area (Å²) in [5.74, 6) is 0.404. The second kappa shape index (κ2) is 14.0. The minimum absolute atomic E-state index is 0.0698. The molecule has 8 nitrogen and oxygen atoms in total. The number of thiophene rings is 1. The summed E-state index contributed by atoms with van der Waals surface area (Å²) in [6, 6.07) is 12.8. The minimum Gasteiger partial charge on any atom is -0.450 e. The van der Waals surface area contributed by atoms with E-state index in [0.717, 1.165) is 16.9 Å². The van der Waals surface area contributed by atoms with Gasteiger partial charge in [-0.3, -0.25) is 4.79 Å². The van der Waals surface area contributed by atoms with Gasteiger partial charge in [0, 0.05) is 11.4 Å². The lowest BCUT2D eigenvalue weighted by atomic mass is 10.1. The summed E-state index contributed by atoms with van der Waals surface area (Å²) >= 11 is 1.62. The number of nitrogens with one attached hydrogen (secondary N) is 3. The smallest absolute Gasteiger partial charge is 0.408 e. The van der Waals surface area contributed by atoms with Gasteiger partial charge in [-0.25, -0.2) is 9.59 Å². The van der Waals surface area contributed by atoms with Crippen molar-refractivity contribution in [2.75, 3.05) is 6.61 Å². The Bertz CT molecular complexity index is 987. The number of alkyl carbamates (subject to hydrolysis) is 2. The fourth-order valence-corrected chi connectivity index (χ4v) is 4.64. The third-order valence-corrected chi connectivity index (χ3v) is 6.86. The number of hydrogen-bond donors (Lipinski definition) is 3. The van der Waals surface area contributed by atoms with Crippen LogP contribution in [0.5, 0.6) is 0 Å². The van der Waals surface area contributed by atoms with Gasteiger partial charge in [-0.15, -0.1) is 11.3 Å². The van der Waals surface area contributed by atoms with Gasteiger partial charge in [-0.1, -0.05) is 49.2 Å². The molecule has 1 aromatic heterocycles. The number of carbonyl (C=O) groups is 3. The van der Waals surface area contributed by atoms with E-state index in [2.05, 4.69) is 16.0 Å². The van der Waals surface area contributed by atoms with Crippen LogP contribution in [0.25, 0.3) is 0 Å². The molecule has 202 valence electrons. The summed E-state index contributed by atoms with van der Waals surface area (Å²) in [6.45, 7) is 5.97. The van der Waals surface area contributed by atoms with Gasteiger partial charge in [0.1, 0.15) is 11.6 Å². The van der Waals surface area contributed by atoms with Gasteiger partial charge in [-0.05, 0) is 69.4 Å². The number of unbranched alkanes of at least 4 members (excludes halogenated alkanes) is 1. The molecule has 1 aliphatic rings. The first kappa shape index (κ1) is 28.5. The molecule has 1 fully saturated rings. The molecule has 3 N–H and O–H groups in total. The molecule has 0 radical (unpaired) electrons. The number of benzene rings is 1. The van der Waals surface area contributed by atoms with Crippen molar-refractivity contribution < 1.29 is 23.9 Å². The van der Waals surface area contributed by atoms with Gasteiger partial charge in [0.25, 0.3) is 0 Å². The van der Waals surface area contributed by atoms with Gasteiger partial charge in [0.15, 0.2) is 0 Å². The molecular formula is C28H39N3O5S. The fraction of sp³-hybridized carbons (Fsp3) is 0.536. The average Bonchev–Trinajstić information content (AvgIpc) is 3.49. The standard InChI is InChI=1S/C28H39N3O5S/c1-28(2,3)36-27(34)31-22(25(32)30-23(18-20-14-15-20)24-13-9-17-37-24)12-7-8-16-35-26(33)29-19-21-10-5-4-6-11-21/h4-6,9-11,13,17,20,22-23H,7-8,12,14-16,18-19H2,1-3H3,(H,29,33)(H,30,32)(H,31,34)/t22-,23-/m0/s1. The Morgan fingerprint density at radius 3 is 2.41 bits per heavy atom. The summed E-state index contributed by atoms with van der Waals surface area (Å²) in [5, 5.41) is 10.6. The molecule has 0 spiro atoms. The lowest BCUT2D eigenvalue weighted by molar-refractivity contribution is -0.124. The Morgan fingerprint density at radius 1 is 1.00 bits per heavy atom. The third kappa shape index (κ3) is 11.2. The van der Waals surface area contributed by atoms with E-state index in [1.54, 1.807) is 32.1 Å². The van der Waals surface area contributed by atoms with E-state index in [9.17, 15) is 14.4 Å². The summed E-state index contributed by atoms with van der Waals surface area (Å²) < 4.78 is 10.6. The molecule has 0 saturated heterocycles. The van der Waals surface area contributed by atoms with Crippen molar-refractivity contribution in [3.05, 3.63) is 58.3 Å². The van der Waals surface area contributed by atoms with Crippen molar-refractivity contribution in [2.24, 2.45) is 5.92 Å². The Morgan fingerprint density at radius 2 is 1.76 bits per heavy atom. The molecule has 1 aliphatic carbocycles. The zero-order valence-corrected chi connectivity index (χ0v) is 22.8. The molecule has 9 heteroatoms. The SMILES string of the molecule is CC(C)(C)OC(=O)N[C@@H](CCCCOC(=O)NCc1ccccc1)C(=O)N[C@@H](CC1CC1)c1cccs1. The zero-order valence-electron chi connectivity index (χ0n) is 22.0. The largest absolute Gasteiger partial charge is 0.450 e. The van der Waals surface area contributed by atoms with Gasteiger partial charge in [0.2, 0.25) is 5.91 Å². The van der Waals surface area contributed by atoms with Gasteiger partial charge >= 0.3 is 12.2 Å². The number of carbonyl (C=O) groups excluding carboxylic acids is 3. The summed E-state index contributed by atoms with van der Waals surface area (Å²) in [4.78, 5) is 38.8. The van der Waals surface area contributed by atoms with E-state index in [4.69, 9.17) is 9.47 Å². The zero-order chi connectivity index (χ0) is 26.7. The summed E-state index contributed by atoms with van der Waals surface area (Å²) in [7, 11) is 0. The van der Waals surface area contributed by atoms with Crippen molar-refractivity contribution in [3.8, 4) is 0 Å². The highest BCUT2D eigenvalue weighted by atomic mass is 32.1. The predicted molar refractivity (Wildman–Crippen MR) is 144 cm³/mol. The normalized spacial score (nSPS) is 14.8. The molecule has 3 amide bonds. The van der Waals surface area contributed by atoms with Crippen molar-refractivity contribution >= 4 is 29.4 Å². The summed E-state index contributed by atoms with van der Waals surface area (Å²) in [6.07, 6.45) is 3.73. The van der Waals surface area contributed by atoms with Crippen LogP contribution in [-0.4, -0.2) is 36.3 Å². The van der Waals surface area contributed by atoms with Crippen LogP contribution in [0.4, 0.5) is 9.59 Å². The van der Waals surface area contributed by atoms with Crippen LogP contribution in [0.15, 0.2) is 47.8 Å². The molecule has 2 aromatic rings. The molecule has 0 bridgehead atoms. The van der Waals surface area contributed by atoms with E-state index in [0.29, 0.717) is 31.7 Å². The van der Waals surface area contributed by atoms with E-state index < -0.39 is 23.8 Å². The molecule has 1 heterocycles. The number of amides is 3. The van der Waals surface area contributed by atoms with E-state index in [-0.39, 0.29) is 18.6 Å².